The molecule has 0 spiro atoms. The summed E-state index contributed by atoms with van der Waals surface area (Å²) in [5.41, 5.74) is 1.33. The Kier molecular flexibility index (Phi) is 6.01. The maximum Gasteiger partial charge on any atom is 0.318 e. The molecule has 2 heterocycles. The second-order valence-electron chi connectivity index (χ2n) is 7.03. The minimum absolute atomic E-state index is 0.184. The zero-order valence-electron chi connectivity index (χ0n) is 15.6. The summed E-state index contributed by atoms with van der Waals surface area (Å²) in [6.07, 6.45) is 0. The predicted molar refractivity (Wildman–Crippen MR) is 105 cm³/mol. The number of benzene rings is 1. The molecule has 1 unspecified atom stereocenters. The van der Waals surface area contributed by atoms with Crippen LogP contribution < -0.4 is 15.7 Å². The van der Waals surface area contributed by atoms with Crippen molar-refractivity contribution in [1.29, 1.82) is 0 Å². The Morgan fingerprint density at radius 1 is 1.14 bits per heavy atom. The third-order valence-electron chi connectivity index (χ3n) is 5.21. The Hall–Kier alpha value is -2.05. The summed E-state index contributed by atoms with van der Waals surface area (Å²) in [5.74, 6) is -1.24. The summed E-state index contributed by atoms with van der Waals surface area (Å²) < 4.78 is 24.8. The first-order chi connectivity index (χ1) is 13.3. The molecule has 0 bridgehead atoms. The van der Waals surface area contributed by atoms with Gasteiger partial charge < -0.3 is 19.9 Å². The normalized spacial score (nSPS) is 22.6. The number of ether oxygens (including phenoxy) is 1. The Labute approximate surface area is 164 Å². The van der Waals surface area contributed by atoms with Gasteiger partial charge in [0.15, 0.2) is 0 Å². The molecule has 3 amide bonds. The van der Waals surface area contributed by atoms with Gasteiger partial charge in [-0.2, -0.15) is 10.6 Å². The molecule has 3 rings (SSSR count). The van der Waals surface area contributed by atoms with E-state index in [2.05, 4.69) is 10.2 Å². The largest absolute Gasteiger partial charge is 0.372 e. The van der Waals surface area contributed by atoms with Crippen LogP contribution in [0.2, 0.25) is 0 Å². The van der Waals surface area contributed by atoms with Crippen LogP contribution in [-0.2, 0) is 9.53 Å². The number of nitrogens with one attached hydrogen (secondary N) is 2. The number of urea groups is 1. The van der Waals surface area contributed by atoms with Crippen LogP contribution in [0.1, 0.15) is 0 Å². The topological polar surface area (TPSA) is 135 Å². The first-order valence-electron chi connectivity index (χ1n) is 8.88. The lowest BCUT2D eigenvalue weighted by atomic mass is 9.96. The van der Waals surface area contributed by atoms with Gasteiger partial charge in [0.05, 0.1) is 11.5 Å². The summed E-state index contributed by atoms with van der Waals surface area (Å²) in [6.45, 7) is 2.21. The maximum atomic E-state index is 12.7. The number of anilines is 1. The van der Waals surface area contributed by atoms with E-state index in [0.29, 0.717) is 26.2 Å². The average Bonchev–Trinajstić information content (AvgIpc) is 2.70. The van der Waals surface area contributed by atoms with Crippen molar-refractivity contribution in [2.45, 2.75) is 11.6 Å². The van der Waals surface area contributed by atoms with E-state index in [-0.39, 0.29) is 11.5 Å². The summed E-state index contributed by atoms with van der Waals surface area (Å²) in [6, 6.07) is 8.16. The van der Waals surface area contributed by atoms with E-state index in [0.717, 1.165) is 5.69 Å². The van der Waals surface area contributed by atoms with Crippen LogP contribution in [0.15, 0.2) is 30.3 Å². The fraction of sp³-hybridized carbons (Fsp3) is 0.529. The van der Waals surface area contributed by atoms with Crippen molar-refractivity contribution < 1.29 is 28.6 Å². The fourth-order valence-electron chi connectivity index (χ4n) is 3.66. The number of para-hydroxylation sites is 1. The van der Waals surface area contributed by atoms with Gasteiger partial charge in [-0.15, -0.1) is 0 Å². The molecule has 0 aromatic heterocycles. The van der Waals surface area contributed by atoms with Crippen LogP contribution >= 0.6 is 10.6 Å². The highest BCUT2D eigenvalue weighted by Crippen LogP contribution is 2.56. The van der Waals surface area contributed by atoms with Gasteiger partial charge >= 0.3 is 6.03 Å². The lowest BCUT2D eigenvalue weighted by Crippen LogP contribution is -2.71. The predicted octanol–water partition coefficient (Wildman–Crippen LogP) is 0.542. The van der Waals surface area contributed by atoms with Crippen LogP contribution in [0.25, 0.3) is 0 Å². The Morgan fingerprint density at radius 2 is 1.75 bits per heavy atom. The number of hydrogen-bond acceptors (Lipinski definition) is 7. The van der Waals surface area contributed by atoms with E-state index < -0.39 is 34.2 Å². The molecule has 0 aliphatic carbocycles. The molecule has 11 heteroatoms. The number of nitrogens with zero attached hydrogens (tertiary/aromatic N) is 2. The highest BCUT2D eigenvalue weighted by Gasteiger charge is 2.57. The lowest BCUT2D eigenvalue weighted by molar-refractivity contribution is -0.139. The average molecular weight is 414 g/mol. The van der Waals surface area contributed by atoms with E-state index in [1.54, 1.807) is 4.90 Å². The fourth-order valence-corrected chi connectivity index (χ4v) is 5.71. The van der Waals surface area contributed by atoms with E-state index in [1.165, 1.54) is 12.6 Å². The SMILES string of the molecule is COC1(C(NC(=O)N2CCN(c3ccccc3)CC2)C(=O)NO)CS(O)(O)C1. The van der Waals surface area contributed by atoms with Gasteiger partial charge in [-0.05, 0) is 12.1 Å². The number of carbonyl (C=O) groups excluding carboxylic acids is 2. The molecule has 0 saturated carbocycles. The van der Waals surface area contributed by atoms with E-state index >= 15 is 0 Å². The van der Waals surface area contributed by atoms with Gasteiger partial charge in [0, 0.05) is 39.0 Å². The number of rotatable bonds is 5. The highest BCUT2D eigenvalue weighted by molar-refractivity contribution is 8.25. The quantitative estimate of drug-likeness (QED) is 0.351. The molecule has 2 aliphatic rings. The Morgan fingerprint density at radius 3 is 2.25 bits per heavy atom. The van der Waals surface area contributed by atoms with Crippen LogP contribution in [0.5, 0.6) is 0 Å². The van der Waals surface area contributed by atoms with Crippen molar-refractivity contribution in [1.82, 2.24) is 15.7 Å². The van der Waals surface area contributed by atoms with Crippen LogP contribution in [0.4, 0.5) is 10.5 Å². The minimum Gasteiger partial charge on any atom is -0.372 e. The molecule has 2 fully saturated rings. The van der Waals surface area contributed by atoms with Crippen LogP contribution in [-0.4, -0.2) is 87.6 Å². The first-order valence-corrected chi connectivity index (χ1v) is 10.8. The number of amides is 3. The van der Waals surface area contributed by atoms with Crippen molar-refractivity contribution >= 4 is 28.2 Å². The van der Waals surface area contributed by atoms with Gasteiger partial charge in [-0.1, -0.05) is 18.2 Å². The molecule has 5 N–H and O–H groups in total. The van der Waals surface area contributed by atoms with E-state index in [1.807, 2.05) is 30.3 Å². The van der Waals surface area contributed by atoms with E-state index in [9.17, 15) is 18.7 Å². The number of methoxy groups -OCH3 is 1. The van der Waals surface area contributed by atoms with Crippen molar-refractivity contribution in [3.8, 4) is 0 Å². The Balaban J connectivity index is 1.62. The molecule has 156 valence electrons. The molecule has 0 radical (unpaired) electrons. The number of hydroxylamine groups is 1. The van der Waals surface area contributed by atoms with Gasteiger partial charge in [0.1, 0.15) is 11.6 Å². The monoisotopic (exact) mass is 414 g/mol. The molecule has 28 heavy (non-hydrogen) atoms. The highest BCUT2D eigenvalue weighted by atomic mass is 32.3. The van der Waals surface area contributed by atoms with Gasteiger partial charge in [-0.3, -0.25) is 19.1 Å². The maximum absolute atomic E-state index is 12.7. The van der Waals surface area contributed by atoms with Crippen LogP contribution in [0.3, 0.4) is 0 Å². The second-order valence-corrected chi connectivity index (χ2v) is 9.21. The van der Waals surface area contributed by atoms with Crippen molar-refractivity contribution in [3.63, 3.8) is 0 Å². The van der Waals surface area contributed by atoms with Gasteiger partial charge in [0.25, 0.3) is 5.91 Å². The molecule has 10 nitrogen and oxygen atoms in total. The number of carbonyl (C=O) groups is 2. The zero-order valence-corrected chi connectivity index (χ0v) is 16.4. The van der Waals surface area contributed by atoms with Crippen molar-refractivity contribution in [2.24, 2.45) is 0 Å². The third-order valence-corrected chi connectivity index (χ3v) is 7.11. The molecular weight excluding hydrogens is 388 g/mol. The van der Waals surface area contributed by atoms with Crippen LogP contribution in [0, 0.1) is 0 Å². The molecule has 2 aliphatic heterocycles. The molecule has 1 aromatic carbocycles. The van der Waals surface area contributed by atoms with Crippen molar-refractivity contribution in [3.05, 3.63) is 30.3 Å². The lowest BCUT2D eigenvalue weighted by Gasteiger charge is -2.57. The molecular formula is C17H26N4O6S. The minimum atomic E-state index is -2.84. The van der Waals surface area contributed by atoms with Gasteiger partial charge in [0.2, 0.25) is 0 Å². The van der Waals surface area contributed by atoms with Gasteiger partial charge in [-0.25, -0.2) is 10.3 Å². The summed E-state index contributed by atoms with van der Waals surface area (Å²) in [5, 5.41) is 11.6. The number of piperazine rings is 1. The zero-order chi connectivity index (χ0) is 20.4. The van der Waals surface area contributed by atoms with Crippen molar-refractivity contribution in [2.75, 3.05) is 49.7 Å². The Bertz CT molecular complexity index is 703. The summed E-state index contributed by atoms with van der Waals surface area (Å²) in [4.78, 5) is 28.6. The first kappa shape index (κ1) is 20.7. The standard InChI is InChI=1S/C17H26N4O6S/c1-27-17(11-28(25,26)12-17)14(15(22)19-24)18-16(23)21-9-7-20(8-10-21)13-5-3-2-4-6-13/h2-6,14,24-26H,7-12H2,1H3,(H,18,23)(H,19,22). The molecule has 1 atom stereocenters. The number of hydrogen-bond donors (Lipinski definition) is 5. The second kappa shape index (κ2) is 8.13. The smallest absolute Gasteiger partial charge is 0.318 e. The van der Waals surface area contributed by atoms with E-state index in [4.69, 9.17) is 9.94 Å². The summed E-state index contributed by atoms with van der Waals surface area (Å²) in [7, 11) is -1.51. The summed E-state index contributed by atoms with van der Waals surface area (Å²) >= 11 is 0. The molecule has 1 aromatic rings. The third kappa shape index (κ3) is 4.18. The molecule has 2 saturated heterocycles.